The maximum Gasteiger partial charge on any atom is 0.0589 e. The van der Waals surface area contributed by atoms with Crippen molar-refractivity contribution in [3.63, 3.8) is 0 Å². The van der Waals surface area contributed by atoms with Crippen LogP contribution in [0.3, 0.4) is 0 Å². The largest absolute Gasteiger partial charge is 0.396 e. The third-order valence-electron chi connectivity index (χ3n) is 2.17. The van der Waals surface area contributed by atoms with Crippen molar-refractivity contribution in [2.75, 3.05) is 46.5 Å². The minimum atomic E-state index is 0.287. The van der Waals surface area contributed by atoms with Crippen molar-refractivity contribution in [3.8, 4) is 0 Å². The molecule has 0 aromatic carbocycles. The monoisotopic (exact) mass is 204 g/mol. The van der Waals surface area contributed by atoms with Crippen LogP contribution in [0.25, 0.3) is 0 Å². The van der Waals surface area contributed by atoms with Crippen molar-refractivity contribution in [3.05, 3.63) is 0 Å². The van der Waals surface area contributed by atoms with Gasteiger partial charge in [-0.1, -0.05) is 0 Å². The van der Waals surface area contributed by atoms with E-state index < -0.39 is 0 Å². The van der Waals surface area contributed by atoms with Crippen molar-refractivity contribution in [1.82, 2.24) is 4.90 Å². The Morgan fingerprint density at radius 2 is 1.86 bits per heavy atom. The molecule has 86 valence electrons. The number of nitrogens with zero attached hydrogens (tertiary/aromatic N) is 1. The number of aliphatic hydroxyl groups is 1. The third-order valence-corrected chi connectivity index (χ3v) is 2.17. The number of unbranched alkanes of at least 4 members (excludes halogenated alkanes) is 1. The summed E-state index contributed by atoms with van der Waals surface area (Å²) >= 11 is 0. The maximum atomic E-state index is 8.67. The molecule has 0 aliphatic rings. The first-order chi connectivity index (χ1) is 6.85. The van der Waals surface area contributed by atoms with E-state index >= 15 is 0 Å². The summed E-state index contributed by atoms with van der Waals surface area (Å²) < 4.78 is 5.04. The molecule has 0 spiro atoms. The number of methoxy groups -OCH3 is 1. The molecule has 0 atom stereocenters. The van der Waals surface area contributed by atoms with Gasteiger partial charge in [-0.3, -0.25) is 0 Å². The lowest BCUT2D eigenvalue weighted by Gasteiger charge is -2.21. The molecule has 3 N–H and O–H groups in total. The summed E-state index contributed by atoms with van der Waals surface area (Å²) in [6, 6.07) is 0. The van der Waals surface area contributed by atoms with E-state index in [1.54, 1.807) is 7.11 Å². The summed E-state index contributed by atoms with van der Waals surface area (Å²) in [5, 5.41) is 8.67. The Morgan fingerprint density at radius 1 is 1.14 bits per heavy atom. The molecule has 0 aromatic heterocycles. The Morgan fingerprint density at radius 3 is 2.43 bits per heavy atom. The average Bonchev–Trinajstić information content (AvgIpc) is 2.21. The van der Waals surface area contributed by atoms with Gasteiger partial charge in [0.15, 0.2) is 0 Å². The lowest BCUT2D eigenvalue weighted by atomic mass is 10.3. The van der Waals surface area contributed by atoms with Crippen LogP contribution in [-0.2, 0) is 4.74 Å². The molecule has 0 bridgehead atoms. The molecule has 0 unspecified atom stereocenters. The van der Waals surface area contributed by atoms with Crippen molar-refractivity contribution < 1.29 is 9.84 Å². The van der Waals surface area contributed by atoms with Crippen LogP contribution in [-0.4, -0.2) is 56.5 Å². The lowest BCUT2D eigenvalue weighted by molar-refractivity contribution is 0.144. The summed E-state index contributed by atoms with van der Waals surface area (Å²) in [4.78, 5) is 2.34. The minimum Gasteiger partial charge on any atom is -0.396 e. The number of aliphatic hydroxyl groups excluding tert-OH is 1. The minimum absolute atomic E-state index is 0.287. The van der Waals surface area contributed by atoms with Gasteiger partial charge in [-0.15, -0.1) is 0 Å². The SMILES string of the molecule is COCCN(CCCN)CCCCO. The van der Waals surface area contributed by atoms with E-state index in [2.05, 4.69) is 4.90 Å². The second-order valence-corrected chi connectivity index (χ2v) is 3.41. The zero-order chi connectivity index (χ0) is 10.6. The zero-order valence-corrected chi connectivity index (χ0v) is 9.24. The van der Waals surface area contributed by atoms with Crippen LogP contribution >= 0.6 is 0 Å². The van der Waals surface area contributed by atoms with Gasteiger partial charge in [0, 0.05) is 20.3 Å². The Balaban J connectivity index is 3.49. The van der Waals surface area contributed by atoms with E-state index in [0.29, 0.717) is 0 Å². The summed E-state index contributed by atoms with van der Waals surface area (Å²) in [5.74, 6) is 0. The highest BCUT2D eigenvalue weighted by atomic mass is 16.5. The van der Waals surface area contributed by atoms with Gasteiger partial charge in [0.2, 0.25) is 0 Å². The number of ether oxygens (including phenoxy) is 1. The van der Waals surface area contributed by atoms with E-state index in [0.717, 1.165) is 52.0 Å². The number of nitrogens with two attached hydrogens (primary N) is 1. The Bertz CT molecular complexity index is 104. The normalized spacial score (nSPS) is 11.1. The van der Waals surface area contributed by atoms with Crippen LogP contribution in [0.15, 0.2) is 0 Å². The fourth-order valence-electron chi connectivity index (χ4n) is 1.32. The quantitative estimate of drug-likeness (QED) is 0.494. The van der Waals surface area contributed by atoms with E-state index in [1.165, 1.54) is 0 Å². The highest BCUT2D eigenvalue weighted by Gasteiger charge is 2.02. The Labute approximate surface area is 87.0 Å². The second-order valence-electron chi connectivity index (χ2n) is 3.41. The van der Waals surface area contributed by atoms with Crippen molar-refractivity contribution >= 4 is 0 Å². The van der Waals surface area contributed by atoms with Crippen LogP contribution in [0.5, 0.6) is 0 Å². The van der Waals surface area contributed by atoms with Gasteiger partial charge >= 0.3 is 0 Å². The smallest absolute Gasteiger partial charge is 0.0589 e. The second kappa shape index (κ2) is 10.9. The average molecular weight is 204 g/mol. The highest BCUT2D eigenvalue weighted by molar-refractivity contribution is 4.58. The van der Waals surface area contributed by atoms with Gasteiger partial charge in [0.05, 0.1) is 6.61 Å². The van der Waals surface area contributed by atoms with Crippen molar-refractivity contribution in [2.24, 2.45) is 5.73 Å². The molecule has 0 amide bonds. The topological polar surface area (TPSA) is 58.7 Å². The van der Waals surface area contributed by atoms with Crippen LogP contribution in [0.1, 0.15) is 19.3 Å². The summed E-state index contributed by atoms with van der Waals surface area (Å²) in [5.41, 5.74) is 5.46. The summed E-state index contributed by atoms with van der Waals surface area (Å²) in [6.07, 6.45) is 2.96. The Kier molecular flexibility index (Phi) is 10.8. The van der Waals surface area contributed by atoms with Crippen LogP contribution in [0, 0.1) is 0 Å². The predicted octanol–water partition coefficient (Wildman–Crippen LogP) is 0.0561. The zero-order valence-electron chi connectivity index (χ0n) is 9.24. The van der Waals surface area contributed by atoms with Gasteiger partial charge in [-0.25, -0.2) is 0 Å². The third kappa shape index (κ3) is 8.44. The molecule has 0 fully saturated rings. The van der Waals surface area contributed by atoms with Crippen molar-refractivity contribution in [1.29, 1.82) is 0 Å². The molecule has 4 heteroatoms. The van der Waals surface area contributed by atoms with E-state index in [-0.39, 0.29) is 6.61 Å². The van der Waals surface area contributed by atoms with Gasteiger partial charge in [-0.2, -0.15) is 0 Å². The fourth-order valence-corrected chi connectivity index (χ4v) is 1.32. The van der Waals surface area contributed by atoms with Gasteiger partial charge < -0.3 is 20.5 Å². The molecule has 0 aliphatic heterocycles. The van der Waals surface area contributed by atoms with Crippen molar-refractivity contribution in [2.45, 2.75) is 19.3 Å². The van der Waals surface area contributed by atoms with Gasteiger partial charge in [0.25, 0.3) is 0 Å². The number of rotatable bonds is 10. The first-order valence-corrected chi connectivity index (χ1v) is 5.37. The van der Waals surface area contributed by atoms with Crippen LogP contribution in [0.2, 0.25) is 0 Å². The molecule has 0 heterocycles. The van der Waals surface area contributed by atoms with E-state index in [4.69, 9.17) is 15.6 Å². The standard InChI is InChI=1S/C10H24N2O2/c1-14-10-8-12(7-4-5-11)6-2-3-9-13/h13H,2-11H2,1H3. The molecule has 14 heavy (non-hydrogen) atoms. The molecular formula is C10H24N2O2. The predicted molar refractivity (Wildman–Crippen MR) is 58.3 cm³/mol. The summed E-state index contributed by atoms with van der Waals surface area (Å²) in [7, 11) is 1.72. The summed E-state index contributed by atoms with van der Waals surface area (Å²) in [6.45, 7) is 4.82. The van der Waals surface area contributed by atoms with Crippen LogP contribution in [0.4, 0.5) is 0 Å². The van der Waals surface area contributed by atoms with E-state index in [9.17, 15) is 0 Å². The molecule has 4 nitrogen and oxygen atoms in total. The molecule has 0 saturated carbocycles. The molecule has 0 radical (unpaired) electrons. The fraction of sp³-hybridized carbons (Fsp3) is 1.00. The maximum absolute atomic E-state index is 8.67. The number of hydrogen-bond acceptors (Lipinski definition) is 4. The first-order valence-electron chi connectivity index (χ1n) is 5.37. The van der Waals surface area contributed by atoms with Crippen LogP contribution < -0.4 is 5.73 Å². The molecular weight excluding hydrogens is 180 g/mol. The molecule has 0 rings (SSSR count). The van der Waals surface area contributed by atoms with E-state index in [1.807, 2.05) is 0 Å². The molecule has 0 aliphatic carbocycles. The molecule has 0 saturated heterocycles. The highest BCUT2D eigenvalue weighted by Crippen LogP contribution is 1.96. The molecule has 0 aromatic rings. The lowest BCUT2D eigenvalue weighted by Crippen LogP contribution is -2.30. The van der Waals surface area contributed by atoms with Gasteiger partial charge in [-0.05, 0) is 38.9 Å². The first kappa shape index (κ1) is 13.8. The number of hydrogen-bond donors (Lipinski definition) is 2. The Hall–Kier alpha value is -0.160. The van der Waals surface area contributed by atoms with Gasteiger partial charge in [0.1, 0.15) is 0 Å².